The lowest BCUT2D eigenvalue weighted by atomic mass is 10.1. The van der Waals surface area contributed by atoms with Crippen LogP contribution >= 0.6 is 0 Å². The number of rotatable bonds is 4. The monoisotopic (exact) mass is 328 g/mol. The normalized spacial score (nSPS) is 15.2. The molecule has 0 aliphatic carbocycles. The first-order valence-corrected chi connectivity index (χ1v) is 8.40. The highest BCUT2D eigenvalue weighted by atomic mass is 16.2. The Morgan fingerprint density at radius 1 is 1.17 bits per heavy atom. The van der Waals surface area contributed by atoms with Crippen molar-refractivity contribution in [3.8, 4) is 5.82 Å². The standard InChI is InChI=1S/C17H24N6O/c1-13(2)10-17(24)22-8-6-21(7-9-22)15-11-16(19-12-18-15)23-5-4-14(3)20-23/h4-5,11-13H,6-10H2,1-3H3. The number of piperazine rings is 1. The van der Waals surface area contributed by atoms with Gasteiger partial charge in [-0.25, -0.2) is 14.6 Å². The van der Waals surface area contributed by atoms with E-state index < -0.39 is 0 Å². The van der Waals surface area contributed by atoms with E-state index in [1.54, 1.807) is 11.0 Å². The summed E-state index contributed by atoms with van der Waals surface area (Å²) in [5.41, 5.74) is 0.951. The van der Waals surface area contributed by atoms with E-state index in [1.165, 1.54) is 0 Å². The van der Waals surface area contributed by atoms with Crippen molar-refractivity contribution >= 4 is 11.7 Å². The van der Waals surface area contributed by atoms with Crippen molar-refractivity contribution in [1.29, 1.82) is 0 Å². The van der Waals surface area contributed by atoms with Crippen molar-refractivity contribution in [3.05, 3.63) is 30.4 Å². The Bertz CT molecular complexity index is 703. The summed E-state index contributed by atoms with van der Waals surface area (Å²) in [6.07, 6.45) is 4.08. The zero-order valence-electron chi connectivity index (χ0n) is 14.5. The van der Waals surface area contributed by atoms with Crippen molar-refractivity contribution in [2.75, 3.05) is 31.1 Å². The first kappa shape index (κ1) is 16.4. The second-order valence-electron chi connectivity index (χ2n) is 6.60. The first-order valence-electron chi connectivity index (χ1n) is 8.40. The summed E-state index contributed by atoms with van der Waals surface area (Å²) in [7, 11) is 0. The summed E-state index contributed by atoms with van der Waals surface area (Å²) < 4.78 is 1.75. The lowest BCUT2D eigenvalue weighted by Crippen LogP contribution is -2.49. The average molecular weight is 328 g/mol. The molecule has 128 valence electrons. The fourth-order valence-corrected chi connectivity index (χ4v) is 2.84. The third kappa shape index (κ3) is 3.72. The van der Waals surface area contributed by atoms with Crippen LogP contribution < -0.4 is 4.90 Å². The molecule has 1 saturated heterocycles. The van der Waals surface area contributed by atoms with Gasteiger partial charge in [0.25, 0.3) is 0 Å². The quantitative estimate of drug-likeness (QED) is 0.854. The number of hydrogen-bond donors (Lipinski definition) is 0. The molecule has 1 aliphatic heterocycles. The van der Waals surface area contributed by atoms with Gasteiger partial charge in [0.2, 0.25) is 5.91 Å². The zero-order valence-corrected chi connectivity index (χ0v) is 14.5. The molecule has 0 radical (unpaired) electrons. The van der Waals surface area contributed by atoms with E-state index in [-0.39, 0.29) is 5.91 Å². The molecule has 0 spiro atoms. The molecule has 7 nitrogen and oxygen atoms in total. The van der Waals surface area contributed by atoms with Crippen LogP contribution in [0.2, 0.25) is 0 Å². The highest BCUT2D eigenvalue weighted by Gasteiger charge is 2.22. The van der Waals surface area contributed by atoms with Gasteiger partial charge in [0.1, 0.15) is 12.1 Å². The van der Waals surface area contributed by atoms with Crippen molar-refractivity contribution in [1.82, 2.24) is 24.6 Å². The lowest BCUT2D eigenvalue weighted by molar-refractivity contribution is -0.132. The van der Waals surface area contributed by atoms with E-state index in [4.69, 9.17) is 0 Å². The molecule has 3 rings (SSSR count). The Kier molecular flexibility index (Phi) is 4.78. The van der Waals surface area contributed by atoms with E-state index >= 15 is 0 Å². The molecule has 0 bridgehead atoms. The Balaban J connectivity index is 1.65. The lowest BCUT2D eigenvalue weighted by Gasteiger charge is -2.35. The third-order valence-corrected chi connectivity index (χ3v) is 4.13. The van der Waals surface area contributed by atoms with E-state index in [9.17, 15) is 4.79 Å². The Morgan fingerprint density at radius 2 is 1.88 bits per heavy atom. The summed E-state index contributed by atoms with van der Waals surface area (Å²) in [6, 6.07) is 3.89. The topological polar surface area (TPSA) is 67.2 Å². The Hall–Kier alpha value is -2.44. The van der Waals surface area contributed by atoms with Crippen molar-refractivity contribution < 1.29 is 4.79 Å². The van der Waals surface area contributed by atoms with Crippen molar-refractivity contribution in [2.45, 2.75) is 27.2 Å². The van der Waals surface area contributed by atoms with E-state index in [0.717, 1.165) is 43.5 Å². The number of hydrogen-bond acceptors (Lipinski definition) is 5. The van der Waals surface area contributed by atoms with Crippen molar-refractivity contribution in [3.63, 3.8) is 0 Å². The predicted octanol–water partition coefficient (Wildman–Crippen LogP) is 1.67. The maximum absolute atomic E-state index is 12.2. The molecule has 1 aliphatic rings. The minimum atomic E-state index is 0.250. The molecule has 2 aromatic rings. The molecule has 0 N–H and O–H groups in total. The largest absolute Gasteiger partial charge is 0.353 e. The minimum absolute atomic E-state index is 0.250. The first-order chi connectivity index (χ1) is 11.5. The van der Waals surface area contributed by atoms with Crippen LogP contribution in [0.3, 0.4) is 0 Å². The second-order valence-corrected chi connectivity index (χ2v) is 6.60. The number of anilines is 1. The van der Waals surface area contributed by atoms with Gasteiger partial charge in [-0.1, -0.05) is 13.8 Å². The molecular formula is C17H24N6O. The SMILES string of the molecule is Cc1ccn(-c2cc(N3CCN(C(=O)CC(C)C)CC3)ncn2)n1. The minimum Gasteiger partial charge on any atom is -0.353 e. The fourth-order valence-electron chi connectivity index (χ4n) is 2.84. The molecule has 3 heterocycles. The van der Waals surface area contributed by atoms with Crippen LogP contribution in [0.15, 0.2) is 24.7 Å². The van der Waals surface area contributed by atoms with E-state index in [1.807, 2.05) is 30.2 Å². The van der Waals surface area contributed by atoms with Crippen LogP contribution in [0.5, 0.6) is 0 Å². The number of amides is 1. The molecule has 24 heavy (non-hydrogen) atoms. The van der Waals surface area contributed by atoms with Gasteiger partial charge in [0.05, 0.1) is 5.69 Å². The second kappa shape index (κ2) is 6.98. The van der Waals surface area contributed by atoms with Crippen LogP contribution in [0.4, 0.5) is 5.82 Å². The molecule has 1 amide bonds. The highest BCUT2D eigenvalue weighted by Crippen LogP contribution is 2.17. The predicted molar refractivity (Wildman–Crippen MR) is 92.1 cm³/mol. The summed E-state index contributed by atoms with van der Waals surface area (Å²) >= 11 is 0. The fraction of sp³-hybridized carbons (Fsp3) is 0.529. The number of nitrogens with zero attached hydrogens (tertiary/aromatic N) is 6. The molecule has 2 aromatic heterocycles. The average Bonchev–Trinajstić information content (AvgIpc) is 3.01. The maximum Gasteiger partial charge on any atom is 0.222 e. The van der Waals surface area contributed by atoms with Gasteiger partial charge in [0.15, 0.2) is 5.82 Å². The van der Waals surface area contributed by atoms with Crippen molar-refractivity contribution in [2.24, 2.45) is 5.92 Å². The van der Waals surface area contributed by atoms with Crippen LogP contribution in [-0.2, 0) is 4.79 Å². The molecule has 0 aromatic carbocycles. The molecule has 7 heteroatoms. The molecule has 1 fully saturated rings. The molecule has 0 saturated carbocycles. The van der Waals surface area contributed by atoms with Gasteiger partial charge in [-0.3, -0.25) is 4.79 Å². The number of aryl methyl sites for hydroxylation is 1. The van der Waals surface area contributed by atoms with E-state index in [2.05, 4.69) is 33.8 Å². The smallest absolute Gasteiger partial charge is 0.222 e. The summed E-state index contributed by atoms with van der Waals surface area (Å²) in [5.74, 6) is 2.29. The van der Waals surface area contributed by atoms with E-state index in [0.29, 0.717) is 12.3 Å². The van der Waals surface area contributed by atoms with Crippen LogP contribution in [0, 0.1) is 12.8 Å². The van der Waals surface area contributed by atoms with Gasteiger partial charge >= 0.3 is 0 Å². The highest BCUT2D eigenvalue weighted by molar-refractivity contribution is 5.76. The van der Waals surface area contributed by atoms with Gasteiger partial charge in [-0.15, -0.1) is 0 Å². The summed E-state index contributed by atoms with van der Waals surface area (Å²) in [5, 5.41) is 4.38. The number of aromatic nitrogens is 4. The van der Waals surface area contributed by atoms with Crippen LogP contribution in [-0.4, -0.2) is 56.7 Å². The molecule has 0 unspecified atom stereocenters. The number of carbonyl (C=O) groups excluding carboxylic acids is 1. The Morgan fingerprint density at radius 3 is 2.50 bits per heavy atom. The maximum atomic E-state index is 12.2. The zero-order chi connectivity index (χ0) is 17.1. The Labute approximate surface area is 142 Å². The summed E-state index contributed by atoms with van der Waals surface area (Å²) in [6.45, 7) is 9.17. The third-order valence-electron chi connectivity index (χ3n) is 4.13. The van der Waals surface area contributed by atoms with Gasteiger partial charge in [-0.2, -0.15) is 5.10 Å². The number of carbonyl (C=O) groups is 1. The van der Waals surface area contributed by atoms with Crippen LogP contribution in [0.1, 0.15) is 26.0 Å². The van der Waals surface area contributed by atoms with Gasteiger partial charge in [-0.05, 0) is 18.9 Å². The van der Waals surface area contributed by atoms with Gasteiger partial charge < -0.3 is 9.80 Å². The van der Waals surface area contributed by atoms with Crippen LogP contribution in [0.25, 0.3) is 5.82 Å². The summed E-state index contributed by atoms with van der Waals surface area (Å²) in [4.78, 5) is 25.0. The molecular weight excluding hydrogens is 304 g/mol. The van der Waals surface area contributed by atoms with Gasteiger partial charge in [0, 0.05) is 44.9 Å². The molecule has 0 atom stereocenters.